The van der Waals surface area contributed by atoms with Gasteiger partial charge in [-0.1, -0.05) is 12.1 Å². The SMILES string of the molecule is CC(=O)c1cccc(NC(=O)Nc2ccc(OC(F)F)cc2C)c1. The second kappa shape index (κ2) is 7.54. The summed E-state index contributed by atoms with van der Waals surface area (Å²) in [6.45, 7) is 0.190. The van der Waals surface area contributed by atoms with E-state index < -0.39 is 12.6 Å². The predicted molar refractivity (Wildman–Crippen MR) is 86.9 cm³/mol. The van der Waals surface area contributed by atoms with Crippen LogP contribution in [0.25, 0.3) is 0 Å². The standard InChI is InChI=1S/C17H16F2N2O3/c1-10-8-14(24-16(18)19)6-7-15(10)21-17(23)20-13-5-3-4-12(9-13)11(2)22/h3-9,16H,1-2H3,(H2,20,21,23). The number of ketones is 1. The molecule has 7 heteroatoms. The van der Waals surface area contributed by atoms with Gasteiger partial charge in [0, 0.05) is 16.9 Å². The maximum Gasteiger partial charge on any atom is 0.387 e. The lowest BCUT2D eigenvalue weighted by Gasteiger charge is -2.12. The molecule has 0 fully saturated rings. The van der Waals surface area contributed by atoms with Crippen LogP contribution >= 0.6 is 0 Å². The van der Waals surface area contributed by atoms with Gasteiger partial charge in [0.15, 0.2) is 5.78 Å². The number of hydrogen-bond acceptors (Lipinski definition) is 3. The zero-order chi connectivity index (χ0) is 17.7. The van der Waals surface area contributed by atoms with Crippen molar-refractivity contribution < 1.29 is 23.1 Å². The molecule has 0 atom stereocenters. The number of halogens is 2. The van der Waals surface area contributed by atoms with E-state index in [2.05, 4.69) is 15.4 Å². The van der Waals surface area contributed by atoms with Crippen molar-refractivity contribution in [2.75, 3.05) is 10.6 Å². The van der Waals surface area contributed by atoms with Gasteiger partial charge in [-0.2, -0.15) is 8.78 Å². The maximum atomic E-state index is 12.2. The van der Waals surface area contributed by atoms with Gasteiger partial charge in [0.25, 0.3) is 0 Å². The third-order valence-electron chi connectivity index (χ3n) is 3.20. The molecule has 126 valence electrons. The minimum atomic E-state index is -2.90. The fraction of sp³-hybridized carbons (Fsp3) is 0.176. The molecular formula is C17H16F2N2O3. The summed E-state index contributed by atoms with van der Waals surface area (Å²) in [4.78, 5) is 23.4. The molecule has 0 radical (unpaired) electrons. The van der Waals surface area contributed by atoms with Crippen LogP contribution in [-0.4, -0.2) is 18.4 Å². The summed E-state index contributed by atoms with van der Waals surface area (Å²) in [6, 6.07) is 10.2. The number of carbonyl (C=O) groups excluding carboxylic acids is 2. The topological polar surface area (TPSA) is 67.4 Å². The molecule has 5 nitrogen and oxygen atoms in total. The van der Waals surface area contributed by atoms with Crippen molar-refractivity contribution in [2.45, 2.75) is 20.5 Å². The van der Waals surface area contributed by atoms with Crippen LogP contribution in [0.3, 0.4) is 0 Å². The number of alkyl halides is 2. The molecule has 0 spiro atoms. The van der Waals surface area contributed by atoms with E-state index in [1.165, 1.54) is 25.1 Å². The average Bonchev–Trinajstić information content (AvgIpc) is 2.49. The third kappa shape index (κ3) is 4.77. The number of ether oxygens (including phenoxy) is 1. The molecule has 0 aromatic heterocycles. The molecule has 0 aliphatic rings. The predicted octanol–water partition coefficient (Wildman–Crippen LogP) is 4.44. The van der Waals surface area contributed by atoms with E-state index in [0.29, 0.717) is 22.5 Å². The van der Waals surface area contributed by atoms with Crippen LogP contribution in [-0.2, 0) is 0 Å². The van der Waals surface area contributed by atoms with Crippen molar-refractivity contribution >= 4 is 23.2 Å². The Kier molecular flexibility index (Phi) is 5.47. The third-order valence-corrected chi connectivity index (χ3v) is 3.20. The molecule has 2 aromatic carbocycles. The molecule has 0 bridgehead atoms. The maximum absolute atomic E-state index is 12.2. The number of carbonyl (C=O) groups is 2. The Morgan fingerprint density at radius 3 is 2.46 bits per heavy atom. The highest BCUT2D eigenvalue weighted by Crippen LogP contribution is 2.23. The van der Waals surface area contributed by atoms with Gasteiger partial charge in [-0.25, -0.2) is 4.79 Å². The van der Waals surface area contributed by atoms with Crippen LogP contribution < -0.4 is 15.4 Å². The molecule has 0 aliphatic carbocycles. The first-order chi connectivity index (χ1) is 11.3. The Hall–Kier alpha value is -2.96. The van der Waals surface area contributed by atoms with Crippen LogP contribution in [0, 0.1) is 6.92 Å². The number of amides is 2. The van der Waals surface area contributed by atoms with Crippen molar-refractivity contribution in [3.63, 3.8) is 0 Å². The molecule has 2 aromatic rings. The van der Waals surface area contributed by atoms with Crippen LogP contribution in [0.4, 0.5) is 25.0 Å². The number of aryl methyl sites for hydroxylation is 1. The van der Waals surface area contributed by atoms with Crippen molar-refractivity contribution in [1.29, 1.82) is 0 Å². The number of rotatable bonds is 5. The Labute approximate surface area is 137 Å². The molecular weight excluding hydrogens is 318 g/mol. The van der Waals surface area contributed by atoms with E-state index in [9.17, 15) is 18.4 Å². The number of Topliss-reactive ketones (excluding diaryl/α,β-unsaturated/α-hetero) is 1. The van der Waals surface area contributed by atoms with Gasteiger partial charge in [-0.3, -0.25) is 4.79 Å². The monoisotopic (exact) mass is 334 g/mol. The first-order valence-corrected chi connectivity index (χ1v) is 7.09. The van der Waals surface area contributed by atoms with Gasteiger partial charge in [0.1, 0.15) is 5.75 Å². The van der Waals surface area contributed by atoms with Gasteiger partial charge >= 0.3 is 12.6 Å². The van der Waals surface area contributed by atoms with E-state index >= 15 is 0 Å². The molecule has 2 rings (SSSR count). The molecule has 0 aliphatic heterocycles. The fourth-order valence-corrected chi connectivity index (χ4v) is 2.05. The second-order valence-corrected chi connectivity index (χ2v) is 5.07. The van der Waals surface area contributed by atoms with Gasteiger partial charge in [-0.05, 0) is 49.7 Å². The van der Waals surface area contributed by atoms with E-state index in [0.717, 1.165) is 0 Å². The van der Waals surface area contributed by atoms with Gasteiger partial charge in [0.2, 0.25) is 0 Å². The second-order valence-electron chi connectivity index (χ2n) is 5.07. The van der Waals surface area contributed by atoms with E-state index in [1.54, 1.807) is 31.2 Å². The minimum absolute atomic E-state index is 0.0163. The molecule has 24 heavy (non-hydrogen) atoms. The summed E-state index contributed by atoms with van der Waals surface area (Å²) in [5.74, 6) is -0.0906. The highest BCUT2D eigenvalue weighted by Gasteiger charge is 2.09. The summed E-state index contributed by atoms with van der Waals surface area (Å²) in [5.41, 5.74) is 1.98. The Balaban J connectivity index is 2.04. The summed E-state index contributed by atoms with van der Waals surface area (Å²) in [6.07, 6.45) is 0. The number of anilines is 2. The van der Waals surface area contributed by atoms with Crippen molar-refractivity contribution in [1.82, 2.24) is 0 Å². The highest BCUT2D eigenvalue weighted by atomic mass is 19.3. The molecule has 2 amide bonds. The Morgan fingerprint density at radius 1 is 1.08 bits per heavy atom. The largest absolute Gasteiger partial charge is 0.435 e. The average molecular weight is 334 g/mol. The quantitative estimate of drug-likeness (QED) is 0.794. The molecule has 2 N–H and O–H groups in total. The summed E-state index contributed by atoms with van der Waals surface area (Å²) in [5, 5.41) is 5.22. The molecule has 0 unspecified atom stereocenters. The van der Waals surface area contributed by atoms with Crippen LogP contribution in [0.15, 0.2) is 42.5 Å². The normalized spacial score (nSPS) is 10.4. The zero-order valence-corrected chi connectivity index (χ0v) is 13.1. The van der Waals surface area contributed by atoms with Gasteiger partial charge in [0.05, 0.1) is 0 Å². The molecule has 0 heterocycles. The first kappa shape index (κ1) is 17.4. The summed E-state index contributed by atoms with van der Waals surface area (Å²) in [7, 11) is 0. The molecule has 0 saturated heterocycles. The first-order valence-electron chi connectivity index (χ1n) is 7.09. The van der Waals surface area contributed by atoms with Crippen LogP contribution in [0.1, 0.15) is 22.8 Å². The smallest absolute Gasteiger partial charge is 0.387 e. The van der Waals surface area contributed by atoms with Gasteiger partial charge < -0.3 is 15.4 Å². The Morgan fingerprint density at radius 2 is 1.83 bits per heavy atom. The van der Waals surface area contributed by atoms with Gasteiger partial charge in [-0.15, -0.1) is 0 Å². The Bertz CT molecular complexity index is 763. The lowest BCUT2D eigenvalue weighted by atomic mass is 10.1. The number of urea groups is 1. The van der Waals surface area contributed by atoms with E-state index in [1.807, 2.05) is 0 Å². The minimum Gasteiger partial charge on any atom is -0.435 e. The zero-order valence-electron chi connectivity index (χ0n) is 13.1. The van der Waals surface area contributed by atoms with Crippen LogP contribution in [0.5, 0.6) is 5.75 Å². The van der Waals surface area contributed by atoms with Crippen molar-refractivity contribution in [3.8, 4) is 5.75 Å². The van der Waals surface area contributed by atoms with E-state index in [4.69, 9.17) is 0 Å². The van der Waals surface area contributed by atoms with E-state index in [-0.39, 0.29) is 11.5 Å². The highest BCUT2D eigenvalue weighted by molar-refractivity contribution is 6.01. The lowest BCUT2D eigenvalue weighted by molar-refractivity contribution is -0.0498. The van der Waals surface area contributed by atoms with Crippen molar-refractivity contribution in [3.05, 3.63) is 53.6 Å². The number of hydrogen-bond donors (Lipinski definition) is 2. The van der Waals surface area contributed by atoms with Crippen LogP contribution in [0.2, 0.25) is 0 Å². The summed E-state index contributed by atoms with van der Waals surface area (Å²) >= 11 is 0. The molecule has 0 saturated carbocycles. The fourth-order valence-electron chi connectivity index (χ4n) is 2.05. The number of benzene rings is 2. The lowest BCUT2D eigenvalue weighted by Crippen LogP contribution is -2.20. The van der Waals surface area contributed by atoms with Crippen molar-refractivity contribution in [2.24, 2.45) is 0 Å². The summed E-state index contributed by atoms with van der Waals surface area (Å²) < 4.78 is 28.6. The number of nitrogens with one attached hydrogen (secondary N) is 2.